The largest absolute Gasteiger partial charge is 0.476 e. The van der Waals surface area contributed by atoms with Gasteiger partial charge in [0.05, 0.1) is 15.6 Å². The van der Waals surface area contributed by atoms with Gasteiger partial charge in [-0.15, -0.1) is 0 Å². The van der Waals surface area contributed by atoms with Gasteiger partial charge < -0.3 is 14.4 Å². The Morgan fingerprint density at radius 3 is 2.45 bits per heavy atom. The summed E-state index contributed by atoms with van der Waals surface area (Å²) >= 11 is 19.7. The minimum absolute atomic E-state index is 0.0422. The van der Waals surface area contributed by atoms with Gasteiger partial charge in [0.1, 0.15) is 17.2 Å². The normalized spacial score (nSPS) is 19.2. The Bertz CT molecular complexity index is 1590. The van der Waals surface area contributed by atoms with E-state index in [0.717, 1.165) is 30.5 Å². The van der Waals surface area contributed by atoms with Gasteiger partial charge in [-0.3, -0.25) is 10.4 Å². The first-order chi connectivity index (χ1) is 19.1. The van der Waals surface area contributed by atoms with E-state index in [1.165, 1.54) is 0 Å². The molecule has 208 valence electrons. The number of hydrogen-bond acceptors (Lipinski definition) is 6. The van der Waals surface area contributed by atoms with Crippen LogP contribution >= 0.6 is 34.8 Å². The van der Waals surface area contributed by atoms with Gasteiger partial charge >= 0.3 is 5.97 Å². The second kappa shape index (κ2) is 10.4. The smallest absolute Gasteiger partial charge is 0.356 e. The molecule has 3 N–H and O–H groups in total. The van der Waals surface area contributed by atoms with Crippen LogP contribution in [0.25, 0.3) is 11.3 Å². The van der Waals surface area contributed by atoms with Crippen LogP contribution in [0.15, 0.2) is 47.0 Å². The van der Waals surface area contributed by atoms with E-state index in [1.807, 2.05) is 26.0 Å². The van der Waals surface area contributed by atoms with E-state index in [0.29, 0.717) is 43.4 Å². The lowest BCUT2D eigenvalue weighted by molar-refractivity contribution is 0.0689. The summed E-state index contributed by atoms with van der Waals surface area (Å²) in [5.74, 6) is 0.662. The number of rotatable bonds is 9. The fraction of sp³-hybridized carbons (Fsp3) is 0.345. The lowest BCUT2D eigenvalue weighted by Crippen LogP contribution is -2.19. The number of nitrogens with zero attached hydrogens (tertiary/aromatic N) is 3. The molecule has 2 fully saturated rings. The highest BCUT2D eigenvalue weighted by Gasteiger charge is 2.44. The zero-order valence-corrected chi connectivity index (χ0v) is 24.0. The molecule has 3 atom stereocenters. The molecule has 3 unspecified atom stereocenters. The van der Waals surface area contributed by atoms with Gasteiger partial charge in [-0.1, -0.05) is 52.1 Å². The molecule has 0 radical (unpaired) electrons. The highest BCUT2D eigenvalue weighted by atomic mass is 35.5. The molecule has 0 saturated heterocycles. The van der Waals surface area contributed by atoms with Gasteiger partial charge in [0, 0.05) is 34.2 Å². The van der Waals surface area contributed by atoms with Crippen molar-refractivity contribution in [2.24, 2.45) is 5.73 Å². The second-order valence-corrected chi connectivity index (χ2v) is 11.9. The molecule has 4 aromatic rings. The first kappa shape index (κ1) is 27.1. The molecule has 0 amide bonds. The van der Waals surface area contributed by atoms with Crippen molar-refractivity contribution >= 4 is 40.8 Å². The summed E-state index contributed by atoms with van der Waals surface area (Å²) in [7, 11) is 0. The molecule has 2 aliphatic rings. The number of aromatic nitrogens is 3. The Balaban J connectivity index is 1.25. The van der Waals surface area contributed by atoms with Crippen molar-refractivity contribution in [1.29, 1.82) is 0 Å². The average Bonchev–Trinajstić information content (AvgIpc) is 3.81. The van der Waals surface area contributed by atoms with Crippen molar-refractivity contribution < 1.29 is 19.2 Å². The molecule has 11 heteroatoms. The Hall–Kier alpha value is -3.04. The van der Waals surface area contributed by atoms with E-state index >= 15 is 0 Å². The van der Waals surface area contributed by atoms with Crippen molar-refractivity contribution in [1.82, 2.24) is 14.9 Å². The minimum Gasteiger partial charge on any atom is -0.476 e. The van der Waals surface area contributed by atoms with Gasteiger partial charge in [0.25, 0.3) is 0 Å². The SMILES string of the molecule is CC(C)n1nc(C(=O)O)cc1C1CC1c1ccc(OC(N)c2c(-c3c(Cl)cccc3Cl)noc2C2CC2)cc1Cl. The zero-order chi connectivity index (χ0) is 28.3. The summed E-state index contributed by atoms with van der Waals surface area (Å²) in [5, 5.41) is 19.4. The molecule has 2 aromatic heterocycles. The Labute approximate surface area is 245 Å². The molecule has 40 heavy (non-hydrogen) atoms. The van der Waals surface area contributed by atoms with Gasteiger partial charge in [0.2, 0.25) is 0 Å². The number of halogens is 3. The number of carbonyl (C=O) groups is 1. The molecule has 6 rings (SSSR count). The zero-order valence-electron chi connectivity index (χ0n) is 21.8. The van der Waals surface area contributed by atoms with E-state index < -0.39 is 12.2 Å². The van der Waals surface area contributed by atoms with E-state index in [-0.39, 0.29) is 29.5 Å². The Kier molecular flexibility index (Phi) is 7.07. The number of hydrogen-bond donors (Lipinski definition) is 2. The lowest BCUT2D eigenvalue weighted by Gasteiger charge is -2.17. The van der Waals surface area contributed by atoms with Crippen LogP contribution < -0.4 is 10.5 Å². The summed E-state index contributed by atoms with van der Waals surface area (Å²) in [6, 6.07) is 12.5. The standard InChI is InChI=1S/C29H27Cl3N4O4/c1-13(2)36-23(12-22(34-36)29(37)38)18-11-17(18)16-9-8-15(10-21(16)32)39-28(33)25-26(35-40-27(25)14-6-7-14)24-19(30)4-3-5-20(24)31/h3-5,8-10,12-14,17-18,28H,6-7,11,33H2,1-2H3,(H,37,38). The number of aromatic carboxylic acids is 1. The van der Waals surface area contributed by atoms with Crippen LogP contribution in [0.1, 0.15) is 96.2 Å². The first-order valence-electron chi connectivity index (χ1n) is 13.1. The van der Waals surface area contributed by atoms with Crippen molar-refractivity contribution in [2.75, 3.05) is 0 Å². The topological polar surface area (TPSA) is 116 Å². The van der Waals surface area contributed by atoms with Gasteiger partial charge in [-0.25, -0.2) is 4.79 Å². The summed E-state index contributed by atoms with van der Waals surface area (Å²) < 4.78 is 13.7. The number of ether oxygens (including phenoxy) is 1. The number of benzene rings is 2. The number of carboxylic acid groups (broad SMARTS) is 1. The minimum atomic E-state index is -1.04. The third kappa shape index (κ3) is 4.98. The van der Waals surface area contributed by atoms with Crippen LogP contribution in [0, 0.1) is 0 Å². The third-order valence-corrected chi connectivity index (χ3v) is 8.42. The van der Waals surface area contributed by atoms with Gasteiger partial charge in [-0.2, -0.15) is 5.10 Å². The summed E-state index contributed by atoms with van der Waals surface area (Å²) in [6.07, 6.45) is 1.92. The predicted octanol–water partition coefficient (Wildman–Crippen LogP) is 7.96. The van der Waals surface area contributed by atoms with Crippen LogP contribution in [0.3, 0.4) is 0 Å². The van der Waals surface area contributed by atoms with Crippen molar-refractivity contribution in [3.05, 3.63) is 85.8 Å². The average molecular weight is 602 g/mol. The van der Waals surface area contributed by atoms with Crippen molar-refractivity contribution in [3.8, 4) is 17.0 Å². The fourth-order valence-electron chi connectivity index (χ4n) is 5.29. The van der Waals surface area contributed by atoms with Crippen LogP contribution in [-0.4, -0.2) is 26.0 Å². The van der Waals surface area contributed by atoms with Crippen LogP contribution in [0.5, 0.6) is 5.75 Å². The Morgan fingerprint density at radius 2 is 1.82 bits per heavy atom. The maximum Gasteiger partial charge on any atom is 0.356 e. The van der Waals surface area contributed by atoms with Gasteiger partial charge in [0.15, 0.2) is 11.9 Å². The quantitative estimate of drug-likeness (QED) is 0.187. The molecule has 0 bridgehead atoms. The number of carboxylic acids is 1. The van der Waals surface area contributed by atoms with Crippen LogP contribution in [0.4, 0.5) is 0 Å². The molecule has 0 aliphatic heterocycles. The fourth-order valence-corrected chi connectivity index (χ4v) is 6.17. The molecule has 2 saturated carbocycles. The molecular formula is C29H27Cl3N4O4. The number of nitrogens with two attached hydrogens (primary N) is 1. The molecule has 0 spiro atoms. The van der Waals surface area contributed by atoms with E-state index in [4.69, 9.17) is 49.8 Å². The maximum atomic E-state index is 11.5. The van der Waals surface area contributed by atoms with Crippen LogP contribution in [-0.2, 0) is 0 Å². The van der Waals surface area contributed by atoms with Gasteiger partial charge in [-0.05, 0) is 74.9 Å². The third-order valence-electron chi connectivity index (χ3n) is 7.47. The predicted molar refractivity (Wildman–Crippen MR) is 153 cm³/mol. The van der Waals surface area contributed by atoms with E-state index in [9.17, 15) is 9.90 Å². The van der Waals surface area contributed by atoms with E-state index in [1.54, 1.807) is 35.0 Å². The molecule has 2 aromatic carbocycles. The molecular weight excluding hydrogens is 575 g/mol. The van der Waals surface area contributed by atoms with Crippen LogP contribution in [0.2, 0.25) is 15.1 Å². The molecule has 8 nitrogen and oxygen atoms in total. The van der Waals surface area contributed by atoms with Crippen molar-refractivity contribution in [3.63, 3.8) is 0 Å². The summed E-state index contributed by atoms with van der Waals surface area (Å²) in [5.41, 5.74) is 10.2. The summed E-state index contributed by atoms with van der Waals surface area (Å²) in [4.78, 5) is 11.5. The second-order valence-electron chi connectivity index (χ2n) is 10.6. The van der Waals surface area contributed by atoms with E-state index in [2.05, 4.69) is 10.3 Å². The maximum absolute atomic E-state index is 11.5. The highest BCUT2D eigenvalue weighted by molar-refractivity contribution is 6.39. The monoisotopic (exact) mass is 600 g/mol. The van der Waals surface area contributed by atoms with Crippen molar-refractivity contribution in [2.45, 2.75) is 63.1 Å². The Morgan fingerprint density at radius 1 is 1.10 bits per heavy atom. The molecule has 2 heterocycles. The molecule has 2 aliphatic carbocycles. The first-order valence-corrected chi connectivity index (χ1v) is 14.3. The highest BCUT2D eigenvalue weighted by Crippen LogP contribution is 2.57. The lowest BCUT2D eigenvalue weighted by atomic mass is 10.0. The summed E-state index contributed by atoms with van der Waals surface area (Å²) in [6.45, 7) is 3.97.